The summed E-state index contributed by atoms with van der Waals surface area (Å²) in [5, 5.41) is 31.2. The summed E-state index contributed by atoms with van der Waals surface area (Å²) < 4.78 is 5.73. The molecule has 1 aliphatic carbocycles. The van der Waals surface area contributed by atoms with E-state index in [-0.39, 0.29) is 18.4 Å². The van der Waals surface area contributed by atoms with Gasteiger partial charge in [-0.05, 0) is 30.5 Å². The number of hydrogen-bond acceptors (Lipinski definition) is 6. The lowest BCUT2D eigenvalue weighted by atomic mass is 9.89. The minimum absolute atomic E-state index is 0.0746. The average molecular weight is 465 g/mol. The number of benzene rings is 2. The fourth-order valence-corrected chi connectivity index (χ4v) is 4.92. The van der Waals surface area contributed by atoms with Crippen LogP contribution in [-0.4, -0.2) is 76.2 Å². The fraction of sp³-hybridized carbons (Fsp3) is 0.429. The van der Waals surface area contributed by atoms with Gasteiger partial charge in [-0.1, -0.05) is 60.7 Å². The summed E-state index contributed by atoms with van der Waals surface area (Å²) in [7, 11) is 0. The molecule has 2 atom stereocenters. The minimum Gasteiger partial charge on any atom is -0.508 e. The zero-order valence-electron chi connectivity index (χ0n) is 20.1. The molecule has 0 amide bonds. The van der Waals surface area contributed by atoms with Crippen molar-refractivity contribution in [2.45, 2.75) is 38.0 Å². The zero-order chi connectivity index (χ0) is 24.1. The first-order valence-electron chi connectivity index (χ1n) is 12.0. The zero-order valence-corrected chi connectivity index (χ0v) is 20.1. The summed E-state index contributed by atoms with van der Waals surface area (Å²) in [5.41, 5.74) is 2.12. The highest BCUT2D eigenvalue weighted by Gasteiger charge is 2.33. The van der Waals surface area contributed by atoms with Crippen molar-refractivity contribution in [3.63, 3.8) is 0 Å². The minimum atomic E-state index is -1.18. The highest BCUT2D eigenvalue weighted by molar-refractivity contribution is 5.32. The topological polar surface area (TPSA) is 76.4 Å². The first-order valence-corrected chi connectivity index (χ1v) is 12.0. The smallest absolute Gasteiger partial charge is 0.131 e. The Balaban J connectivity index is 1.32. The Labute approximate surface area is 202 Å². The van der Waals surface area contributed by atoms with Crippen molar-refractivity contribution >= 4 is 0 Å². The van der Waals surface area contributed by atoms with E-state index in [1.54, 1.807) is 13.8 Å². The van der Waals surface area contributed by atoms with Crippen LogP contribution in [0.5, 0.6) is 0 Å². The molecule has 1 aliphatic heterocycles. The van der Waals surface area contributed by atoms with E-state index >= 15 is 0 Å². The van der Waals surface area contributed by atoms with Crippen LogP contribution < -0.4 is 0 Å². The molecular formula is C28H36N2O4. The van der Waals surface area contributed by atoms with Crippen molar-refractivity contribution in [1.82, 2.24) is 9.80 Å². The van der Waals surface area contributed by atoms with Gasteiger partial charge in [0.1, 0.15) is 29.8 Å². The average Bonchev–Trinajstić information content (AvgIpc) is 2.83. The van der Waals surface area contributed by atoms with Gasteiger partial charge in [-0.3, -0.25) is 9.80 Å². The van der Waals surface area contributed by atoms with E-state index in [0.717, 1.165) is 31.8 Å². The molecular weight excluding hydrogens is 428 g/mol. The molecule has 1 fully saturated rings. The van der Waals surface area contributed by atoms with Gasteiger partial charge >= 0.3 is 0 Å². The molecule has 6 nitrogen and oxygen atoms in total. The van der Waals surface area contributed by atoms with Crippen LogP contribution in [0.15, 0.2) is 83.8 Å². The number of rotatable bonds is 8. The van der Waals surface area contributed by atoms with Gasteiger partial charge in [0.2, 0.25) is 0 Å². The SMILES string of the molecule is CC1=C(O)C=C(OCC(O)CN2CCN(C(c3ccccc3)c3ccccc3)CC2)C(C)(O)C1. The molecule has 6 heteroatoms. The number of aliphatic hydroxyl groups is 3. The van der Waals surface area contributed by atoms with Gasteiger partial charge in [0.25, 0.3) is 0 Å². The number of β-amino-alcohol motifs (C(OH)–C–C–N with tert-alkyl or cyclic N) is 1. The number of hydrogen-bond donors (Lipinski definition) is 3. The first-order chi connectivity index (χ1) is 16.3. The van der Waals surface area contributed by atoms with Crippen LogP contribution in [0.25, 0.3) is 0 Å². The number of ether oxygens (including phenoxy) is 1. The van der Waals surface area contributed by atoms with E-state index in [9.17, 15) is 15.3 Å². The lowest BCUT2D eigenvalue weighted by molar-refractivity contribution is -0.0182. The Bertz CT molecular complexity index is 956. The maximum absolute atomic E-state index is 10.6. The molecule has 4 rings (SSSR count). The first kappa shape index (κ1) is 24.5. The highest BCUT2D eigenvalue weighted by Crippen LogP contribution is 2.32. The van der Waals surface area contributed by atoms with Crippen molar-refractivity contribution in [2.24, 2.45) is 0 Å². The predicted octanol–water partition coefficient (Wildman–Crippen LogP) is 3.64. The van der Waals surface area contributed by atoms with Crippen LogP contribution >= 0.6 is 0 Å². The van der Waals surface area contributed by atoms with E-state index in [4.69, 9.17) is 4.74 Å². The molecule has 34 heavy (non-hydrogen) atoms. The van der Waals surface area contributed by atoms with Crippen LogP contribution in [0, 0.1) is 0 Å². The Morgan fingerprint density at radius 3 is 2.06 bits per heavy atom. The van der Waals surface area contributed by atoms with Gasteiger partial charge in [-0.25, -0.2) is 0 Å². The van der Waals surface area contributed by atoms with E-state index in [1.807, 2.05) is 0 Å². The number of allylic oxidation sites excluding steroid dienone is 1. The molecule has 0 saturated carbocycles. The van der Waals surface area contributed by atoms with E-state index in [1.165, 1.54) is 17.2 Å². The molecule has 0 aromatic heterocycles. The van der Waals surface area contributed by atoms with Crippen molar-refractivity contribution in [2.75, 3.05) is 39.3 Å². The van der Waals surface area contributed by atoms with Crippen molar-refractivity contribution in [1.29, 1.82) is 0 Å². The molecule has 0 spiro atoms. The number of nitrogens with zero attached hydrogens (tertiary/aromatic N) is 2. The summed E-state index contributed by atoms with van der Waals surface area (Å²) in [6, 6.07) is 21.4. The molecule has 2 aromatic carbocycles. The van der Waals surface area contributed by atoms with Crippen LogP contribution in [0.2, 0.25) is 0 Å². The Kier molecular flexibility index (Phi) is 7.73. The summed E-state index contributed by atoms with van der Waals surface area (Å²) >= 11 is 0. The van der Waals surface area contributed by atoms with Crippen LogP contribution in [-0.2, 0) is 4.74 Å². The maximum atomic E-state index is 10.6. The Morgan fingerprint density at radius 1 is 0.941 bits per heavy atom. The third-order valence-corrected chi connectivity index (χ3v) is 6.75. The lowest BCUT2D eigenvalue weighted by Gasteiger charge is -2.40. The number of aliphatic hydroxyl groups excluding tert-OH is 2. The largest absolute Gasteiger partial charge is 0.508 e. The molecule has 0 radical (unpaired) electrons. The van der Waals surface area contributed by atoms with E-state index < -0.39 is 11.7 Å². The lowest BCUT2D eigenvalue weighted by Crippen LogP contribution is -2.50. The van der Waals surface area contributed by atoms with E-state index in [0.29, 0.717) is 18.7 Å². The highest BCUT2D eigenvalue weighted by atomic mass is 16.5. The maximum Gasteiger partial charge on any atom is 0.131 e. The van der Waals surface area contributed by atoms with Gasteiger partial charge in [0, 0.05) is 45.2 Å². The predicted molar refractivity (Wildman–Crippen MR) is 133 cm³/mol. The molecule has 1 heterocycles. The van der Waals surface area contributed by atoms with Crippen LogP contribution in [0.4, 0.5) is 0 Å². The molecule has 2 aromatic rings. The third kappa shape index (κ3) is 5.88. The quantitative estimate of drug-likeness (QED) is 0.554. The molecule has 2 unspecified atom stereocenters. The van der Waals surface area contributed by atoms with Crippen LogP contribution in [0.1, 0.15) is 37.4 Å². The molecule has 2 aliphatic rings. The monoisotopic (exact) mass is 464 g/mol. The molecule has 0 bridgehead atoms. The van der Waals surface area contributed by atoms with Gasteiger partial charge in [0.05, 0.1) is 6.04 Å². The molecule has 1 saturated heterocycles. The van der Waals surface area contributed by atoms with E-state index in [2.05, 4.69) is 70.5 Å². The van der Waals surface area contributed by atoms with Crippen molar-refractivity contribution in [3.05, 3.63) is 95.0 Å². The standard InChI is InChI=1S/C28H36N2O4/c1-21-18-28(2,33)26(17-25(21)32)34-20-24(31)19-29-13-15-30(16-14-29)27(22-9-5-3-6-10-22)23-11-7-4-8-12-23/h3-12,17,24,27,31-33H,13-16,18-20H2,1-2H3. The van der Waals surface area contributed by atoms with Gasteiger partial charge in [0.15, 0.2) is 0 Å². The van der Waals surface area contributed by atoms with Gasteiger partial charge in [-0.2, -0.15) is 0 Å². The third-order valence-electron chi connectivity index (χ3n) is 6.75. The molecule has 3 N–H and O–H groups in total. The normalized spacial score (nSPS) is 23.1. The van der Waals surface area contributed by atoms with Gasteiger partial charge in [-0.15, -0.1) is 0 Å². The van der Waals surface area contributed by atoms with Crippen LogP contribution in [0.3, 0.4) is 0 Å². The number of piperazine rings is 1. The molecule has 182 valence electrons. The Hall–Kier alpha value is -2.64. The summed E-state index contributed by atoms with van der Waals surface area (Å²) in [6.45, 7) is 7.55. The van der Waals surface area contributed by atoms with Crippen molar-refractivity contribution in [3.8, 4) is 0 Å². The fourth-order valence-electron chi connectivity index (χ4n) is 4.92. The second-order valence-electron chi connectivity index (χ2n) is 9.65. The second-order valence-corrected chi connectivity index (χ2v) is 9.65. The summed E-state index contributed by atoms with van der Waals surface area (Å²) in [5.74, 6) is 0.423. The summed E-state index contributed by atoms with van der Waals surface area (Å²) in [4.78, 5) is 4.76. The summed E-state index contributed by atoms with van der Waals surface area (Å²) in [6.07, 6.45) is 1.08. The van der Waals surface area contributed by atoms with Gasteiger partial charge < -0.3 is 20.1 Å². The Morgan fingerprint density at radius 2 is 1.50 bits per heavy atom. The van der Waals surface area contributed by atoms with Crippen molar-refractivity contribution < 1.29 is 20.1 Å². The second kappa shape index (κ2) is 10.7.